The fourth-order valence-corrected chi connectivity index (χ4v) is 5.48. The average Bonchev–Trinajstić information content (AvgIpc) is 2.80. The quantitative estimate of drug-likeness (QED) is 0.506. The van der Waals surface area contributed by atoms with E-state index in [-0.39, 0.29) is 11.5 Å². The van der Waals surface area contributed by atoms with Crippen LogP contribution in [0.2, 0.25) is 5.02 Å². The number of rotatable bonds is 3. The summed E-state index contributed by atoms with van der Waals surface area (Å²) in [6, 6.07) is 17.8. The maximum Gasteiger partial charge on any atom is 0.338 e. The number of nitrogens with zero attached hydrogens (tertiary/aromatic N) is 1. The van der Waals surface area contributed by atoms with Crippen LogP contribution in [0.25, 0.3) is 0 Å². The summed E-state index contributed by atoms with van der Waals surface area (Å²) in [4.78, 5) is 41.6. The third kappa shape index (κ3) is 3.97. The number of amides is 2. The van der Waals surface area contributed by atoms with Gasteiger partial charge in [0.05, 0.1) is 28.4 Å². The topological polar surface area (TPSA) is 75.7 Å². The van der Waals surface area contributed by atoms with Crippen molar-refractivity contribution in [3.05, 3.63) is 71.2 Å². The molecule has 3 aromatic carbocycles. The maximum atomic E-state index is 13.2. The van der Waals surface area contributed by atoms with Crippen LogP contribution in [0.5, 0.6) is 0 Å². The Balaban J connectivity index is 1.37. The lowest BCUT2D eigenvalue weighted by molar-refractivity contribution is -0.121. The monoisotopic (exact) mass is 482 g/mol. The number of halogens is 1. The smallest absolute Gasteiger partial charge is 0.338 e. The molecule has 2 aliphatic heterocycles. The number of esters is 1. The summed E-state index contributed by atoms with van der Waals surface area (Å²) >= 11 is 9.14. The molecule has 1 N–H and O–H groups in total. The highest BCUT2D eigenvalue weighted by molar-refractivity contribution is 8.00. The fraction of sp³-hybridized carbons (Fsp3) is 0.0870. The first-order valence-corrected chi connectivity index (χ1v) is 11.8. The van der Waals surface area contributed by atoms with Crippen LogP contribution in [-0.2, 0) is 14.3 Å². The Morgan fingerprint density at radius 2 is 1.78 bits per heavy atom. The number of carbonyl (C=O) groups excluding carboxylic acids is 3. The van der Waals surface area contributed by atoms with Gasteiger partial charge in [0.25, 0.3) is 5.91 Å². The van der Waals surface area contributed by atoms with Gasteiger partial charge >= 0.3 is 5.97 Å². The molecule has 3 aromatic rings. The maximum absolute atomic E-state index is 13.2. The molecule has 0 spiro atoms. The minimum atomic E-state index is -0.642. The molecule has 2 aliphatic rings. The predicted octanol–water partition coefficient (Wildman–Crippen LogP) is 5.37. The third-order valence-corrected chi connectivity index (χ3v) is 7.35. The number of thioether (sulfide) groups is 1. The largest absolute Gasteiger partial charge is 0.452 e. The van der Waals surface area contributed by atoms with Crippen LogP contribution in [-0.4, -0.2) is 30.1 Å². The van der Waals surface area contributed by atoms with Crippen molar-refractivity contribution in [1.29, 1.82) is 0 Å². The molecule has 9 heteroatoms. The number of hydrogen-bond acceptors (Lipinski definition) is 6. The van der Waals surface area contributed by atoms with Gasteiger partial charge in [-0.3, -0.25) is 14.5 Å². The number of hydrogen-bond donors (Lipinski definition) is 1. The summed E-state index contributed by atoms with van der Waals surface area (Å²) in [6.45, 7) is -0.442. The van der Waals surface area contributed by atoms with Crippen molar-refractivity contribution >= 4 is 70.0 Å². The van der Waals surface area contributed by atoms with Gasteiger partial charge in [0.1, 0.15) is 0 Å². The molecule has 160 valence electrons. The van der Waals surface area contributed by atoms with E-state index in [0.717, 1.165) is 14.7 Å². The zero-order valence-corrected chi connectivity index (χ0v) is 18.9. The number of anilines is 3. The second-order valence-electron chi connectivity index (χ2n) is 7.03. The molecule has 32 heavy (non-hydrogen) atoms. The Morgan fingerprint density at radius 3 is 2.66 bits per heavy atom. The van der Waals surface area contributed by atoms with Crippen molar-refractivity contribution in [3.63, 3.8) is 0 Å². The highest BCUT2D eigenvalue weighted by Crippen LogP contribution is 2.48. The van der Waals surface area contributed by atoms with Crippen molar-refractivity contribution in [2.24, 2.45) is 0 Å². The Labute approximate surface area is 197 Å². The lowest BCUT2D eigenvalue weighted by Gasteiger charge is -2.31. The first-order chi connectivity index (χ1) is 15.5. The number of nitrogens with one attached hydrogen (secondary N) is 1. The zero-order chi connectivity index (χ0) is 22.2. The van der Waals surface area contributed by atoms with E-state index in [9.17, 15) is 14.4 Å². The van der Waals surface area contributed by atoms with Gasteiger partial charge in [-0.2, -0.15) is 0 Å². The van der Waals surface area contributed by atoms with Gasteiger partial charge < -0.3 is 10.1 Å². The summed E-state index contributed by atoms with van der Waals surface area (Å²) in [5, 5.41) is 3.25. The van der Waals surface area contributed by atoms with Gasteiger partial charge in [-0.15, -0.1) is 11.8 Å². The van der Waals surface area contributed by atoms with Crippen LogP contribution in [0.15, 0.2) is 75.4 Å². The standard InChI is InChI=1S/C23H15ClN2O4S2/c24-14-6-8-20-17(10-14)26(16-3-1-2-4-19(16)32-20)22(28)11-30-23(29)13-5-7-18-15(9-13)25-21(27)12-31-18/h1-10H,11-12H2,(H,25,27). The van der Waals surface area contributed by atoms with Gasteiger partial charge in [-0.05, 0) is 48.5 Å². The number of carbonyl (C=O) groups is 3. The fourth-order valence-electron chi connectivity index (χ4n) is 3.48. The summed E-state index contributed by atoms with van der Waals surface area (Å²) < 4.78 is 5.33. The minimum absolute atomic E-state index is 0.123. The normalized spacial score (nSPS) is 14.0. The molecule has 0 saturated heterocycles. The van der Waals surface area contributed by atoms with E-state index < -0.39 is 18.5 Å². The summed E-state index contributed by atoms with van der Waals surface area (Å²) in [7, 11) is 0. The highest BCUT2D eigenvalue weighted by atomic mass is 35.5. The van der Waals surface area contributed by atoms with E-state index in [1.807, 2.05) is 30.3 Å². The number of ether oxygens (including phenoxy) is 1. The molecule has 5 rings (SSSR count). The van der Waals surface area contributed by atoms with E-state index in [1.54, 1.807) is 42.1 Å². The summed E-state index contributed by atoms with van der Waals surface area (Å²) in [6.07, 6.45) is 0. The van der Waals surface area contributed by atoms with Crippen molar-refractivity contribution < 1.29 is 19.1 Å². The SMILES string of the molecule is O=C1CSc2ccc(C(=O)OCC(=O)N3c4ccccc4Sc4ccc(Cl)cc43)cc2N1. The minimum Gasteiger partial charge on any atom is -0.452 e. The zero-order valence-electron chi connectivity index (χ0n) is 16.5. The van der Waals surface area contributed by atoms with Crippen LogP contribution < -0.4 is 10.2 Å². The van der Waals surface area contributed by atoms with Crippen LogP contribution >= 0.6 is 35.1 Å². The van der Waals surface area contributed by atoms with Gasteiger partial charge in [0, 0.05) is 19.7 Å². The second kappa shape index (κ2) is 8.54. The lowest BCUT2D eigenvalue weighted by Crippen LogP contribution is -2.32. The van der Waals surface area contributed by atoms with Crippen LogP contribution in [0.4, 0.5) is 17.1 Å². The molecule has 0 fully saturated rings. The van der Waals surface area contributed by atoms with E-state index in [2.05, 4.69) is 5.32 Å². The highest BCUT2D eigenvalue weighted by Gasteiger charge is 2.29. The molecule has 0 aromatic heterocycles. The second-order valence-corrected chi connectivity index (χ2v) is 9.57. The van der Waals surface area contributed by atoms with Crippen molar-refractivity contribution in [1.82, 2.24) is 0 Å². The predicted molar refractivity (Wildman–Crippen MR) is 125 cm³/mol. The summed E-state index contributed by atoms with van der Waals surface area (Å²) in [5.74, 6) is -0.817. The first kappa shape index (κ1) is 20.9. The molecule has 0 radical (unpaired) electrons. The van der Waals surface area contributed by atoms with Crippen LogP contribution in [0, 0.1) is 0 Å². The molecular weight excluding hydrogens is 468 g/mol. The van der Waals surface area contributed by atoms with Gasteiger partial charge in [-0.1, -0.05) is 35.5 Å². The molecule has 6 nitrogen and oxygen atoms in total. The Bertz CT molecular complexity index is 1280. The van der Waals surface area contributed by atoms with E-state index in [1.165, 1.54) is 16.7 Å². The Morgan fingerprint density at radius 1 is 1.00 bits per heavy atom. The van der Waals surface area contributed by atoms with E-state index >= 15 is 0 Å². The lowest BCUT2D eigenvalue weighted by atomic mass is 10.2. The molecule has 0 bridgehead atoms. The number of benzene rings is 3. The van der Waals surface area contributed by atoms with E-state index in [4.69, 9.17) is 16.3 Å². The van der Waals surface area contributed by atoms with Gasteiger partial charge in [-0.25, -0.2) is 4.79 Å². The molecular formula is C23H15ClN2O4S2. The molecule has 0 unspecified atom stereocenters. The van der Waals surface area contributed by atoms with Crippen molar-refractivity contribution in [2.75, 3.05) is 22.6 Å². The van der Waals surface area contributed by atoms with Gasteiger partial charge in [0.2, 0.25) is 5.91 Å². The Hall–Kier alpha value is -2.94. The average molecular weight is 483 g/mol. The molecule has 0 aliphatic carbocycles. The Kier molecular flexibility index (Phi) is 5.58. The van der Waals surface area contributed by atoms with Crippen molar-refractivity contribution in [2.45, 2.75) is 14.7 Å². The van der Waals surface area contributed by atoms with Crippen molar-refractivity contribution in [3.8, 4) is 0 Å². The van der Waals surface area contributed by atoms with E-state index in [0.29, 0.717) is 27.8 Å². The molecule has 2 amide bonds. The van der Waals surface area contributed by atoms with Crippen LogP contribution in [0.1, 0.15) is 10.4 Å². The van der Waals surface area contributed by atoms with Crippen LogP contribution in [0.3, 0.4) is 0 Å². The molecule has 0 atom stereocenters. The van der Waals surface area contributed by atoms with Gasteiger partial charge in [0.15, 0.2) is 6.61 Å². The summed E-state index contributed by atoms with van der Waals surface area (Å²) in [5.41, 5.74) is 2.19. The number of fused-ring (bicyclic) bond motifs is 3. The third-order valence-electron chi connectivity index (χ3n) is 4.91. The molecule has 2 heterocycles. The number of para-hydroxylation sites is 1. The first-order valence-electron chi connectivity index (χ1n) is 9.63. The molecule has 0 saturated carbocycles.